The van der Waals surface area contributed by atoms with Crippen molar-refractivity contribution in [3.05, 3.63) is 71.4 Å². The zero-order chi connectivity index (χ0) is 23.4. The molecule has 0 fully saturated rings. The number of rotatable bonds is 9. The fourth-order valence-corrected chi connectivity index (χ4v) is 3.70. The number of nitrogen functional groups attached to an aromatic ring is 1. The molecule has 1 amide bonds. The van der Waals surface area contributed by atoms with Crippen LogP contribution in [0.25, 0.3) is 0 Å². The summed E-state index contributed by atoms with van der Waals surface area (Å²) in [5.74, 6) is -5.57. The van der Waals surface area contributed by atoms with Crippen molar-refractivity contribution in [3.8, 4) is 5.06 Å². The van der Waals surface area contributed by atoms with Gasteiger partial charge >= 0.3 is 0 Å². The van der Waals surface area contributed by atoms with Crippen molar-refractivity contribution in [1.29, 1.82) is 0 Å². The number of amides is 1. The molecular formula is C21H24N4O6S. The Bertz CT molecular complexity index is 1050. The Morgan fingerprint density at radius 3 is 2.03 bits per heavy atom. The average Bonchev–Trinajstić information content (AvgIpc) is 2.99. The Balaban J connectivity index is 1.55. The summed E-state index contributed by atoms with van der Waals surface area (Å²) in [4.78, 5) is 16.0. The van der Waals surface area contributed by atoms with Gasteiger partial charge in [-0.2, -0.15) is 0 Å². The molecule has 1 heterocycles. The van der Waals surface area contributed by atoms with Gasteiger partial charge < -0.3 is 36.6 Å². The van der Waals surface area contributed by atoms with Crippen LogP contribution in [0.5, 0.6) is 5.06 Å². The van der Waals surface area contributed by atoms with Crippen molar-refractivity contribution in [3.63, 3.8) is 0 Å². The topological polar surface area (TPSA) is 181 Å². The maximum Gasteiger partial charge on any atom is 0.230 e. The molecule has 32 heavy (non-hydrogen) atoms. The summed E-state index contributed by atoms with van der Waals surface area (Å²) in [5, 5.41) is 55.0. The van der Waals surface area contributed by atoms with E-state index in [1.807, 2.05) is 5.32 Å². The molecule has 0 aliphatic rings. The molecule has 2 aromatic carbocycles. The summed E-state index contributed by atoms with van der Waals surface area (Å²) < 4.78 is 0. The van der Waals surface area contributed by atoms with E-state index >= 15 is 0 Å². The van der Waals surface area contributed by atoms with E-state index in [2.05, 4.69) is 10.3 Å². The van der Waals surface area contributed by atoms with E-state index in [4.69, 9.17) is 5.73 Å². The lowest BCUT2D eigenvalue weighted by Gasteiger charge is -2.32. The number of aliphatic hydroxyl groups is 4. The molecule has 11 heteroatoms. The first-order valence-corrected chi connectivity index (χ1v) is 10.4. The Hall–Kier alpha value is -3.06. The molecule has 170 valence electrons. The van der Waals surface area contributed by atoms with Gasteiger partial charge in [0.15, 0.2) is 10.2 Å². The monoisotopic (exact) mass is 460 g/mol. The number of benzene rings is 2. The maximum absolute atomic E-state index is 12.1. The van der Waals surface area contributed by atoms with Gasteiger partial charge in [0.05, 0.1) is 6.42 Å². The highest BCUT2D eigenvalue weighted by Crippen LogP contribution is 2.27. The molecule has 0 saturated carbocycles. The Morgan fingerprint density at radius 1 is 0.938 bits per heavy atom. The molecule has 0 aliphatic heterocycles. The van der Waals surface area contributed by atoms with E-state index in [0.717, 1.165) is 11.3 Å². The second-order valence-corrected chi connectivity index (χ2v) is 8.33. The van der Waals surface area contributed by atoms with E-state index in [0.29, 0.717) is 16.8 Å². The van der Waals surface area contributed by atoms with Crippen LogP contribution in [0.15, 0.2) is 54.6 Å². The van der Waals surface area contributed by atoms with Crippen molar-refractivity contribution >= 4 is 28.1 Å². The summed E-state index contributed by atoms with van der Waals surface area (Å²) >= 11 is 0.882. The third-order valence-electron chi connectivity index (χ3n) is 4.40. The number of nitrogens with two attached hydrogens (primary N) is 1. The van der Waals surface area contributed by atoms with Crippen molar-refractivity contribution in [1.82, 2.24) is 10.3 Å². The van der Waals surface area contributed by atoms with Gasteiger partial charge in [0.25, 0.3) is 0 Å². The highest BCUT2D eigenvalue weighted by atomic mass is 32.1. The van der Waals surface area contributed by atoms with E-state index < -0.39 is 17.7 Å². The van der Waals surface area contributed by atoms with Crippen LogP contribution in [0.1, 0.15) is 16.8 Å². The van der Waals surface area contributed by atoms with Gasteiger partial charge in [-0.3, -0.25) is 4.79 Å². The minimum atomic E-state index is -2.61. The van der Waals surface area contributed by atoms with Gasteiger partial charge in [0.1, 0.15) is 5.69 Å². The molecule has 0 aliphatic carbocycles. The van der Waals surface area contributed by atoms with Gasteiger partial charge in [-0.15, -0.1) is 0 Å². The van der Waals surface area contributed by atoms with E-state index in [-0.39, 0.29) is 35.2 Å². The van der Waals surface area contributed by atoms with Gasteiger partial charge in [-0.05, 0) is 23.3 Å². The Kier molecular flexibility index (Phi) is 7.09. The number of hydrogen-bond donors (Lipinski definition) is 8. The second kappa shape index (κ2) is 9.61. The molecule has 3 aromatic rings. The average molecular weight is 461 g/mol. The highest BCUT2D eigenvalue weighted by Gasteiger charge is 2.35. The Labute approximate surface area is 187 Å². The van der Waals surface area contributed by atoms with Gasteiger partial charge in [-0.25, -0.2) is 10.3 Å². The number of aromatic hydroxyl groups is 1. The normalized spacial score (nSPS) is 12.0. The summed E-state index contributed by atoms with van der Waals surface area (Å²) in [5.41, 5.74) is 7.17. The third-order valence-corrected chi connectivity index (χ3v) is 5.13. The molecule has 0 unspecified atom stereocenters. The predicted octanol–water partition coefficient (Wildman–Crippen LogP) is 0.264. The van der Waals surface area contributed by atoms with Crippen molar-refractivity contribution in [2.75, 3.05) is 11.1 Å². The number of thiazole rings is 1. The second-order valence-electron chi connectivity index (χ2n) is 7.32. The molecule has 0 bridgehead atoms. The minimum absolute atomic E-state index is 0.112. The van der Waals surface area contributed by atoms with Crippen molar-refractivity contribution in [2.45, 2.75) is 31.1 Å². The summed E-state index contributed by atoms with van der Waals surface area (Å²) in [6.45, 7) is 0. The number of nitrogens with zero attached hydrogens (tertiary/aromatic N) is 1. The molecule has 0 spiro atoms. The lowest BCUT2D eigenvalue weighted by Crippen LogP contribution is -2.60. The van der Waals surface area contributed by atoms with E-state index in [1.54, 1.807) is 54.6 Å². The molecule has 10 nitrogen and oxygen atoms in total. The minimum Gasteiger partial charge on any atom is -0.498 e. The van der Waals surface area contributed by atoms with Gasteiger partial charge in [0, 0.05) is 18.5 Å². The van der Waals surface area contributed by atoms with Crippen LogP contribution < -0.4 is 16.4 Å². The van der Waals surface area contributed by atoms with Gasteiger partial charge in [-0.1, -0.05) is 53.8 Å². The standard InChI is InChI=1S/C21H24N4O6S/c22-19-24-16(18(27)32-19)10-17(26)23-15-8-6-14(7-9-15)12-21(30,31)25-20(28,29)11-13-4-2-1-3-5-13/h1-9,25,27-31H,10-12H2,(H2,22,24)(H,23,26). The van der Waals surface area contributed by atoms with Crippen molar-refractivity contribution < 1.29 is 30.3 Å². The van der Waals surface area contributed by atoms with Crippen LogP contribution in [0.2, 0.25) is 0 Å². The molecule has 9 N–H and O–H groups in total. The Morgan fingerprint density at radius 2 is 1.50 bits per heavy atom. The number of carbonyl (C=O) groups is 1. The first kappa shape index (κ1) is 23.6. The van der Waals surface area contributed by atoms with E-state index in [1.165, 1.54) is 0 Å². The number of hydrogen-bond acceptors (Lipinski definition) is 10. The SMILES string of the molecule is Nc1nc(CC(=O)Nc2ccc(CC(O)(O)NC(O)(O)Cc3ccccc3)cc2)c(O)s1. The molecule has 0 radical (unpaired) electrons. The number of nitrogens with one attached hydrogen (secondary N) is 2. The summed E-state index contributed by atoms with van der Waals surface area (Å²) in [6, 6.07) is 14.8. The van der Waals surface area contributed by atoms with Crippen LogP contribution in [-0.2, 0) is 24.1 Å². The van der Waals surface area contributed by atoms with Crippen molar-refractivity contribution in [2.24, 2.45) is 0 Å². The zero-order valence-corrected chi connectivity index (χ0v) is 17.7. The van der Waals surface area contributed by atoms with Crippen LogP contribution >= 0.6 is 11.3 Å². The molecule has 1 aromatic heterocycles. The fourth-order valence-electron chi connectivity index (χ4n) is 3.11. The lowest BCUT2D eigenvalue weighted by atomic mass is 10.1. The first-order chi connectivity index (χ1) is 15.0. The fraction of sp³-hybridized carbons (Fsp3) is 0.238. The molecule has 0 atom stereocenters. The number of aromatic nitrogens is 1. The smallest absolute Gasteiger partial charge is 0.230 e. The largest absolute Gasteiger partial charge is 0.498 e. The lowest BCUT2D eigenvalue weighted by molar-refractivity contribution is -0.284. The van der Waals surface area contributed by atoms with Crippen LogP contribution in [0.3, 0.4) is 0 Å². The quantitative estimate of drug-likeness (QED) is 0.208. The number of anilines is 2. The molecule has 3 rings (SSSR count). The summed E-state index contributed by atoms with van der Waals surface area (Å²) in [7, 11) is 0. The maximum atomic E-state index is 12.1. The molecule has 0 saturated heterocycles. The van der Waals surface area contributed by atoms with Crippen LogP contribution in [0, 0.1) is 0 Å². The first-order valence-electron chi connectivity index (χ1n) is 9.57. The summed E-state index contributed by atoms with van der Waals surface area (Å²) in [6.07, 6.45) is -0.773. The molecular weight excluding hydrogens is 436 g/mol. The third kappa shape index (κ3) is 6.99. The zero-order valence-electron chi connectivity index (χ0n) is 16.9. The highest BCUT2D eigenvalue weighted by molar-refractivity contribution is 7.17. The predicted molar refractivity (Wildman–Crippen MR) is 118 cm³/mol. The van der Waals surface area contributed by atoms with Gasteiger partial charge in [0.2, 0.25) is 17.7 Å². The number of carbonyl (C=O) groups excluding carboxylic acids is 1. The van der Waals surface area contributed by atoms with Crippen LogP contribution in [0.4, 0.5) is 10.8 Å². The van der Waals surface area contributed by atoms with E-state index in [9.17, 15) is 30.3 Å². The van der Waals surface area contributed by atoms with Crippen LogP contribution in [-0.4, -0.2) is 48.2 Å².